The Bertz CT molecular complexity index is 688. The fourth-order valence-corrected chi connectivity index (χ4v) is 2.25. The first kappa shape index (κ1) is 14.1. The molecule has 0 radical (unpaired) electrons. The summed E-state index contributed by atoms with van der Waals surface area (Å²) in [7, 11) is 1.88. The van der Waals surface area contributed by atoms with E-state index in [0.29, 0.717) is 25.6 Å². The predicted molar refractivity (Wildman–Crippen MR) is 80.4 cm³/mol. The number of rotatable bonds is 4. The molecule has 0 fully saturated rings. The number of nitro groups is 1. The summed E-state index contributed by atoms with van der Waals surface area (Å²) in [6, 6.07) is 8.88. The molecule has 2 heterocycles. The lowest BCUT2D eigenvalue weighted by molar-refractivity contribution is -0.385. The monoisotopic (exact) mass is 301 g/mol. The number of anilines is 1. The molecule has 0 saturated heterocycles. The second-order valence-corrected chi connectivity index (χ2v) is 4.97. The molecule has 1 aromatic heterocycles. The first-order chi connectivity index (χ1) is 10.6. The number of pyridine rings is 1. The molecule has 22 heavy (non-hydrogen) atoms. The Hall–Kier alpha value is -2.83. The third-order valence-corrected chi connectivity index (χ3v) is 3.36. The summed E-state index contributed by atoms with van der Waals surface area (Å²) in [5, 5.41) is 10.6. The molecule has 2 aromatic rings. The van der Waals surface area contributed by atoms with Crippen LogP contribution >= 0.6 is 0 Å². The second kappa shape index (κ2) is 5.88. The van der Waals surface area contributed by atoms with Crippen molar-refractivity contribution < 1.29 is 14.4 Å². The van der Waals surface area contributed by atoms with Crippen molar-refractivity contribution in [1.29, 1.82) is 0 Å². The van der Waals surface area contributed by atoms with Crippen LogP contribution in [0.4, 0.5) is 11.5 Å². The number of aromatic nitrogens is 1. The average Bonchev–Trinajstić information content (AvgIpc) is 2.55. The van der Waals surface area contributed by atoms with Gasteiger partial charge < -0.3 is 14.4 Å². The molecule has 1 aromatic carbocycles. The fourth-order valence-electron chi connectivity index (χ4n) is 2.25. The summed E-state index contributed by atoms with van der Waals surface area (Å²) in [5.74, 6) is 2.17. The third kappa shape index (κ3) is 2.93. The molecule has 7 nitrogen and oxygen atoms in total. The van der Waals surface area contributed by atoms with E-state index in [9.17, 15) is 10.1 Å². The van der Waals surface area contributed by atoms with E-state index < -0.39 is 4.92 Å². The van der Waals surface area contributed by atoms with E-state index in [2.05, 4.69) is 4.98 Å². The van der Waals surface area contributed by atoms with E-state index in [1.165, 1.54) is 12.3 Å². The summed E-state index contributed by atoms with van der Waals surface area (Å²) < 4.78 is 11.0. The lowest BCUT2D eigenvalue weighted by Gasteiger charge is -2.21. The van der Waals surface area contributed by atoms with Crippen molar-refractivity contribution in [3.63, 3.8) is 0 Å². The minimum absolute atomic E-state index is 0.0171. The lowest BCUT2D eigenvalue weighted by atomic mass is 10.2. The smallest absolute Gasteiger partial charge is 0.287 e. The zero-order valence-corrected chi connectivity index (χ0v) is 12.1. The predicted octanol–water partition coefficient (Wildman–Crippen LogP) is 2.40. The Labute approximate surface area is 127 Å². The van der Waals surface area contributed by atoms with E-state index in [1.54, 1.807) is 6.07 Å². The molecule has 3 rings (SSSR count). The van der Waals surface area contributed by atoms with Crippen molar-refractivity contribution in [3.05, 3.63) is 52.2 Å². The highest BCUT2D eigenvalue weighted by Crippen LogP contribution is 2.31. The third-order valence-electron chi connectivity index (χ3n) is 3.36. The highest BCUT2D eigenvalue weighted by Gasteiger charge is 2.13. The van der Waals surface area contributed by atoms with Gasteiger partial charge in [-0.1, -0.05) is 6.07 Å². The molecule has 0 amide bonds. The van der Waals surface area contributed by atoms with Crippen molar-refractivity contribution in [3.8, 4) is 11.5 Å². The topological polar surface area (TPSA) is 77.7 Å². The van der Waals surface area contributed by atoms with E-state index in [1.807, 2.05) is 30.1 Å². The maximum atomic E-state index is 10.6. The Morgan fingerprint density at radius 3 is 2.68 bits per heavy atom. The van der Waals surface area contributed by atoms with Gasteiger partial charge in [0.25, 0.3) is 5.69 Å². The van der Waals surface area contributed by atoms with E-state index in [-0.39, 0.29) is 5.69 Å². The summed E-state index contributed by atoms with van der Waals surface area (Å²) in [5.41, 5.74) is 1.03. The highest BCUT2D eigenvalue weighted by atomic mass is 16.6. The van der Waals surface area contributed by atoms with Crippen LogP contribution < -0.4 is 14.4 Å². The SMILES string of the molecule is CN(Cc1ccc2c(c1)OCCO2)c1ccc([N+](=O)[O-])cn1. The van der Waals surface area contributed by atoms with Crippen molar-refractivity contribution in [2.24, 2.45) is 0 Å². The van der Waals surface area contributed by atoms with Crippen LogP contribution in [0, 0.1) is 10.1 Å². The van der Waals surface area contributed by atoms with Gasteiger partial charge >= 0.3 is 0 Å². The molecule has 0 N–H and O–H groups in total. The van der Waals surface area contributed by atoms with Gasteiger partial charge in [-0.25, -0.2) is 4.98 Å². The molecule has 0 bridgehead atoms. The average molecular weight is 301 g/mol. The fraction of sp³-hybridized carbons (Fsp3) is 0.267. The summed E-state index contributed by atoms with van der Waals surface area (Å²) >= 11 is 0. The van der Waals surface area contributed by atoms with Crippen LogP contribution in [0.3, 0.4) is 0 Å². The van der Waals surface area contributed by atoms with Gasteiger partial charge in [-0.2, -0.15) is 0 Å². The van der Waals surface area contributed by atoms with Crippen molar-refractivity contribution in [1.82, 2.24) is 4.98 Å². The summed E-state index contributed by atoms with van der Waals surface area (Å²) in [6.45, 7) is 1.73. The number of benzene rings is 1. The first-order valence-corrected chi connectivity index (χ1v) is 6.83. The standard InChI is InChI=1S/C15H15N3O4/c1-17(15-5-3-12(9-16-15)18(19)20)10-11-2-4-13-14(8-11)22-7-6-21-13/h2-5,8-9H,6-7,10H2,1H3. The highest BCUT2D eigenvalue weighted by molar-refractivity contribution is 5.47. The van der Waals surface area contributed by atoms with Gasteiger partial charge in [0, 0.05) is 19.7 Å². The van der Waals surface area contributed by atoms with Gasteiger partial charge in [0.05, 0.1) is 4.92 Å². The maximum Gasteiger partial charge on any atom is 0.287 e. The van der Waals surface area contributed by atoms with Crippen molar-refractivity contribution in [2.75, 3.05) is 25.2 Å². The summed E-state index contributed by atoms with van der Waals surface area (Å²) in [6.07, 6.45) is 1.26. The molecular weight excluding hydrogens is 286 g/mol. The minimum Gasteiger partial charge on any atom is -0.486 e. The quantitative estimate of drug-likeness (QED) is 0.637. The van der Waals surface area contributed by atoms with Crippen molar-refractivity contribution in [2.45, 2.75) is 6.54 Å². The largest absolute Gasteiger partial charge is 0.486 e. The Balaban J connectivity index is 1.73. The molecular formula is C15H15N3O4. The molecule has 0 atom stereocenters. The van der Waals surface area contributed by atoms with Crippen LogP contribution in [0.2, 0.25) is 0 Å². The van der Waals surface area contributed by atoms with Crippen LogP contribution in [-0.4, -0.2) is 30.2 Å². The van der Waals surface area contributed by atoms with Gasteiger partial charge in [-0.3, -0.25) is 10.1 Å². The van der Waals surface area contributed by atoms with Crippen LogP contribution in [0.1, 0.15) is 5.56 Å². The molecule has 1 aliphatic heterocycles. The van der Waals surface area contributed by atoms with Gasteiger partial charge in [-0.05, 0) is 23.8 Å². The molecule has 0 aliphatic carbocycles. The van der Waals surface area contributed by atoms with Crippen LogP contribution in [-0.2, 0) is 6.54 Å². The molecule has 0 unspecified atom stereocenters. The van der Waals surface area contributed by atoms with Gasteiger partial charge in [-0.15, -0.1) is 0 Å². The zero-order valence-electron chi connectivity index (χ0n) is 12.1. The van der Waals surface area contributed by atoms with Gasteiger partial charge in [0.2, 0.25) is 0 Å². The minimum atomic E-state index is -0.461. The normalized spacial score (nSPS) is 12.8. The van der Waals surface area contributed by atoms with Gasteiger partial charge in [0.15, 0.2) is 11.5 Å². The van der Waals surface area contributed by atoms with Crippen LogP contribution in [0.15, 0.2) is 36.5 Å². The molecule has 0 spiro atoms. The van der Waals surface area contributed by atoms with Crippen LogP contribution in [0.25, 0.3) is 0 Å². The zero-order chi connectivity index (χ0) is 15.5. The number of ether oxygens (including phenoxy) is 2. The van der Waals surface area contributed by atoms with Gasteiger partial charge in [0.1, 0.15) is 25.2 Å². The van der Waals surface area contributed by atoms with E-state index in [0.717, 1.165) is 17.1 Å². The Morgan fingerprint density at radius 1 is 1.23 bits per heavy atom. The molecule has 1 aliphatic rings. The lowest BCUT2D eigenvalue weighted by Crippen LogP contribution is -2.19. The molecule has 7 heteroatoms. The maximum absolute atomic E-state index is 10.6. The number of fused-ring (bicyclic) bond motifs is 1. The molecule has 0 saturated carbocycles. The van der Waals surface area contributed by atoms with E-state index in [4.69, 9.17) is 9.47 Å². The number of hydrogen-bond acceptors (Lipinski definition) is 6. The second-order valence-electron chi connectivity index (χ2n) is 4.97. The Morgan fingerprint density at radius 2 is 2.00 bits per heavy atom. The summed E-state index contributed by atoms with van der Waals surface area (Å²) in [4.78, 5) is 16.2. The van der Waals surface area contributed by atoms with Crippen LogP contribution in [0.5, 0.6) is 11.5 Å². The van der Waals surface area contributed by atoms with Crippen molar-refractivity contribution >= 4 is 11.5 Å². The first-order valence-electron chi connectivity index (χ1n) is 6.83. The molecule has 114 valence electrons. The number of nitrogens with zero attached hydrogens (tertiary/aromatic N) is 3. The number of hydrogen-bond donors (Lipinski definition) is 0. The van der Waals surface area contributed by atoms with E-state index >= 15 is 0 Å². The Kier molecular flexibility index (Phi) is 3.78.